The van der Waals surface area contributed by atoms with E-state index in [9.17, 15) is 65.1 Å². The summed E-state index contributed by atoms with van der Waals surface area (Å²) in [4.78, 5) is 53.1. The Labute approximate surface area is 289 Å². The number of aromatic hydroxyl groups is 2. The number of rotatable bonds is 11. The third-order valence-corrected chi connectivity index (χ3v) is 9.61. The lowest BCUT2D eigenvalue weighted by Gasteiger charge is -2.43. The van der Waals surface area contributed by atoms with E-state index >= 15 is 0 Å². The Balaban J connectivity index is 1.51. The molecule has 0 saturated carbocycles. The normalized spacial score (nSPS) is 28.1. The van der Waals surface area contributed by atoms with Crippen molar-refractivity contribution in [1.29, 1.82) is 0 Å². The van der Waals surface area contributed by atoms with Crippen molar-refractivity contribution in [3.8, 4) is 17.2 Å². The third kappa shape index (κ3) is 6.59. The van der Waals surface area contributed by atoms with Crippen molar-refractivity contribution in [2.45, 2.75) is 86.8 Å². The van der Waals surface area contributed by atoms with Gasteiger partial charge in [0.05, 0.1) is 48.7 Å². The molecule has 18 heteroatoms. The molecule has 5 rings (SSSR count). The van der Waals surface area contributed by atoms with Crippen molar-refractivity contribution < 1.29 is 84.5 Å². The average molecular weight is 722 g/mol. The maximum Gasteiger partial charge on any atom is 0.251 e. The fourth-order valence-corrected chi connectivity index (χ4v) is 6.80. The number of ketones is 3. The second kappa shape index (κ2) is 14.5. The lowest BCUT2D eigenvalue weighted by Crippen LogP contribution is -2.59. The molecular weight excluding hydrogens is 682 g/mol. The molecule has 0 aromatic heterocycles. The Morgan fingerprint density at radius 3 is 2.31 bits per heavy atom. The number of ether oxygens (including phenoxy) is 3. The minimum Gasteiger partial charge on any atom is -0.507 e. The predicted molar refractivity (Wildman–Crippen MR) is 167 cm³/mol. The van der Waals surface area contributed by atoms with Crippen LogP contribution in [0, 0.1) is 0 Å². The molecule has 18 nitrogen and oxygen atoms in total. The average Bonchev–Trinajstić information content (AvgIpc) is 3.11. The zero-order chi connectivity index (χ0) is 37.7. The van der Waals surface area contributed by atoms with Gasteiger partial charge in [-0.1, -0.05) is 12.1 Å². The number of benzene rings is 2. The van der Waals surface area contributed by atoms with Crippen LogP contribution in [0.4, 0.5) is 0 Å². The second-order valence-corrected chi connectivity index (χ2v) is 12.8. The molecule has 0 spiro atoms. The van der Waals surface area contributed by atoms with Crippen LogP contribution in [0.15, 0.2) is 18.2 Å². The summed E-state index contributed by atoms with van der Waals surface area (Å²) in [6.07, 6.45) is -16.0. The van der Waals surface area contributed by atoms with E-state index in [0.717, 1.165) is 0 Å². The first kappa shape index (κ1) is 38.2. The molecular formula is C33H39NO17. The number of Topliss-reactive ketones (excluding diaryl/α,β-unsaturated/α-hetero) is 1. The van der Waals surface area contributed by atoms with Crippen LogP contribution in [0.5, 0.6) is 17.2 Å². The highest BCUT2D eigenvalue weighted by molar-refractivity contribution is 6.31. The smallest absolute Gasteiger partial charge is 0.251 e. The molecule has 2 aromatic rings. The molecule has 278 valence electrons. The first-order valence-electron chi connectivity index (χ1n) is 15.9. The molecule has 4 unspecified atom stereocenters. The van der Waals surface area contributed by atoms with Gasteiger partial charge in [-0.05, 0) is 13.0 Å². The van der Waals surface area contributed by atoms with Gasteiger partial charge in [0.2, 0.25) is 5.78 Å². The first-order chi connectivity index (χ1) is 24.0. The number of phenols is 2. The number of hydrogen-bond donors (Lipinski definition) is 11. The van der Waals surface area contributed by atoms with Crippen LogP contribution in [0.2, 0.25) is 0 Å². The van der Waals surface area contributed by atoms with E-state index in [-0.39, 0.29) is 28.0 Å². The summed E-state index contributed by atoms with van der Waals surface area (Å²) in [5, 5.41) is 106. The molecule has 0 radical (unpaired) electrons. The van der Waals surface area contributed by atoms with Crippen LogP contribution >= 0.6 is 0 Å². The summed E-state index contributed by atoms with van der Waals surface area (Å²) < 4.78 is 17.1. The van der Waals surface area contributed by atoms with Crippen molar-refractivity contribution >= 4 is 23.3 Å². The number of amides is 1. The molecule has 1 heterocycles. The molecule has 10 atom stereocenters. The number of phenolic OH excluding ortho intramolecular Hbond substituents is 2. The lowest BCUT2D eigenvalue weighted by atomic mass is 9.72. The summed E-state index contributed by atoms with van der Waals surface area (Å²) in [5.41, 5.74) is -4.58. The summed E-state index contributed by atoms with van der Waals surface area (Å²) in [6.45, 7) is -0.759. The van der Waals surface area contributed by atoms with Crippen LogP contribution in [0.1, 0.15) is 68.8 Å². The van der Waals surface area contributed by atoms with Crippen molar-refractivity contribution in [3.05, 3.63) is 51.6 Å². The summed E-state index contributed by atoms with van der Waals surface area (Å²) in [6, 6.07) is 2.89. The largest absolute Gasteiger partial charge is 0.507 e. The van der Waals surface area contributed by atoms with Crippen LogP contribution in [0.3, 0.4) is 0 Å². The van der Waals surface area contributed by atoms with E-state index in [2.05, 4.69) is 5.32 Å². The van der Waals surface area contributed by atoms with E-state index in [1.807, 2.05) is 0 Å². The molecule has 11 N–H and O–H groups in total. The molecule has 2 aromatic carbocycles. The van der Waals surface area contributed by atoms with E-state index < -0.39 is 139 Å². The minimum absolute atomic E-state index is 0.0109. The SMILES string of the molecule is COc1cccc2c1C(=O)c1c(O)c3c(c(O)c1C2=O)C[C@@](O)(C(=O)CO)C[C@@H]3OC1CC(NC(=O)[C@@H](O)[C@@H](O)[C@H](O)[C@H](O)CO)C(O)C(C)O1. The molecule has 1 aliphatic heterocycles. The van der Waals surface area contributed by atoms with E-state index in [0.29, 0.717) is 0 Å². The van der Waals surface area contributed by atoms with E-state index in [1.165, 1.54) is 32.2 Å². The molecule has 1 saturated heterocycles. The Hall–Kier alpha value is -4.08. The Kier molecular flexibility index (Phi) is 10.9. The molecule has 1 fully saturated rings. The minimum atomic E-state index is -2.43. The fraction of sp³-hybridized carbons (Fsp3) is 0.515. The molecule has 0 bridgehead atoms. The number of carbonyl (C=O) groups excluding carboxylic acids is 4. The van der Waals surface area contributed by atoms with Gasteiger partial charge in [-0.3, -0.25) is 19.2 Å². The van der Waals surface area contributed by atoms with Gasteiger partial charge in [-0.15, -0.1) is 0 Å². The standard InChI is InChI=1S/C33H39NO17/c1-11-24(39)14(34-32(47)31(46)30(45)27(42)15(37)9-35)6-19(50-11)51-17-8-33(48,18(38)10-36)7-13-21(17)29(44)23-22(26(13)41)25(40)12-4-3-5-16(49-2)20(12)28(23)43/h3-5,11,14-15,17,19,24,27,30-31,35-37,39,41-42,44-46,48H,6-10H2,1-2H3,(H,34,47)/t11?,14?,15-,17+,19?,24?,27-,30+,31+,33+/m1/s1. The number of aliphatic hydroxyl groups excluding tert-OH is 7. The first-order valence-corrected chi connectivity index (χ1v) is 15.9. The van der Waals surface area contributed by atoms with Crippen molar-refractivity contribution in [3.63, 3.8) is 0 Å². The highest BCUT2D eigenvalue weighted by Crippen LogP contribution is 2.52. The van der Waals surface area contributed by atoms with Gasteiger partial charge >= 0.3 is 0 Å². The number of methoxy groups -OCH3 is 1. The topological polar surface area (TPSA) is 310 Å². The Morgan fingerprint density at radius 2 is 1.69 bits per heavy atom. The zero-order valence-corrected chi connectivity index (χ0v) is 27.3. The summed E-state index contributed by atoms with van der Waals surface area (Å²) >= 11 is 0. The second-order valence-electron chi connectivity index (χ2n) is 12.8. The third-order valence-electron chi connectivity index (χ3n) is 9.61. The highest BCUT2D eigenvalue weighted by atomic mass is 16.7. The maximum absolute atomic E-state index is 13.8. The van der Waals surface area contributed by atoms with Gasteiger partial charge < -0.3 is 70.6 Å². The van der Waals surface area contributed by atoms with Crippen molar-refractivity contribution in [2.75, 3.05) is 20.3 Å². The quantitative estimate of drug-likeness (QED) is 0.0860. The lowest BCUT2D eigenvalue weighted by molar-refractivity contribution is -0.249. The zero-order valence-electron chi connectivity index (χ0n) is 27.3. The monoisotopic (exact) mass is 721 g/mol. The van der Waals surface area contributed by atoms with Crippen molar-refractivity contribution in [1.82, 2.24) is 5.32 Å². The molecule has 51 heavy (non-hydrogen) atoms. The molecule has 2 aliphatic carbocycles. The number of aliphatic hydroxyl groups is 8. The van der Waals surface area contributed by atoms with E-state index in [4.69, 9.17) is 19.3 Å². The van der Waals surface area contributed by atoms with Crippen LogP contribution in [-0.2, 0) is 25.5 Å². The van der Waals surface area contributed by atoms with Gasteiger partial charge in [0, 0.05) is 36.0 Å². The van der Waals surface area contributed by atoms with Crippen LogP contribution in [-0.4, -0.2) is 149 Å². The number of carbonyl (C=O) groups is 4. The number of fused-ring (bicyclic) bond motifs is 3. The van der Waals surface area contributed by atoms with E-state index in [1.54, 1.807) is 0 Å². The fourth-order valence-electron chi connectivity index (χ4n) is 6.80. The van der Waals surface area contributed by atoms with Crippen LogP contribution < -0.4 is 10.1 Å². The van der Waals surface area contributed by atoms with Gasteiger partial charge in [0.25, 0.3) is 5.91 Å². The highest BCUT2D eigenvalue weighted by Gasteiger charge is 2.50. The van der Waals surface area contributed by atoms with Crippen LogP contribution in [0.25, 0.3) is 0 Å². The van der Waals surface area contributed by atoms with Gasteiger partial charge in [-0.2, -0.15) is 0 Å². The maximum atomic E-state index is 13.8. The Bertz CT molecular complexity index is 1730. The van der Waals surface area contributed by atoms with Gasteiger partial charge in [0.15, 0.2) is 24.0 Å². The number of nitrogens with one attached hydrogen (secondary N) is 1. The number of hydrogen-bond acceptors (Lipinski definition) is 17. The van der Waals surface area contributed by atoms with Gasteiger partial charge in [-0.25, -0.2) is 0 Å². The summed E-state index contributed by atoms with van der Waals surface area (Å²) in [5.74, 6) is -5.79. The van der Waals surface area contributed by atoms with Crippen molar-refractivity contribution in [2.24, 2.45) is 0 Å². The molecule has 1 amide bonds. The summed E-state index contributed by atoms with van der Waals surface area (Å²) in [7, 11) is 1.27. The molecule has 3 aliphatic rings. The van der Waals surface area contributed by atoms with Gasteiger partial charge in [0.1, 0.15) is 53.9 Å². The predicted octanol–water partition coefficient (Wildman–Crippen LogP) is -3.41. The Morgan fingerprint density at radius 1 is 1.02 bits per heavy atom.